The molecule has 0 radical (unpaired) electrons. The Kier molecular flexibility index (Phi) is 6.52. The zero-order chi connectivity index (χ0) is 11.7. The van der Waals surface area contributed by atoms with Crippen molar-refractivity contribution in [3.63, 3.8) is 0 Å². The maximum atomic E-state index is 9.04. The van der Waals surface area contributed by atoms with Gasteiger partial charge in [-0.15, -0.1) is 0 Å². The molecule has 84 valence electrons. The molecule has 1 atom stereocenters. The number of nitriles is 1. The van der Waals surface area contributed by atoms with Crippen LogP contribution < -0.4 is 5.32 Å². The average molecular weight is 209 g/mol. The van der Waals surface area contributed by atoms with Crippen LogP contribution in [0.3, 0.4) is 0 Å². The van der Waals surface area contributed by atoms with Crippen LogP contribution in [-0.4, -0.2) is 18.6 Å². The Bertz CT molecular complexity index is 261. The summed E-state index contributed by atoms with van der Waals surface area (Å²) in [6.45, 7) is 7.28. The molecule has 5 heteroatoms. The summed E-state index contributed by atoms with van der Waals surface area (Å²) in [6, 6.07) is 2.29. The van der Waals surface area contributed by atoms with Crippen molar-refractivity contribution < 1.29 is 0 Å². The van der Waals surface area contributed by atoms with Crippen molar-refractivity contribution in [1.82, 2.24) is 5.32 Å². The Hall–Kier alpha value is -1.24. The van der Waals surface area contributed by atoms with Gasteiger partial charge in [-0.05, 0) is 37.8 Å². The van der Waals surface area contributed by atoms with Crippen LogP contribution in [-0.2, 0) is 0 Å². The van der Waals surface area contributed by atoms with E-state index in [0.29, 0.717) is 19.0 Å². The van der Waals surface area contributed by atoms with Crippen molar-refractivity contribution >= 4 is 0 Å². The maximum absolute atomic E-state index is 9.04. The van der Waals surface area contributed by atoms with E-state index < -0.39 is 5.54 Å². The zero-order valence-electron chi connectivity index (χ0n) is 9.69. The van der Waals surface area contributed by atoms with E-state index >= 15 is 0 Å². The predicted octanol–water partition coefficient (Wildman–Crippen LogP) is 2.60. The molecule has 15 heavy (non-hydrogen) atoms. The molecule has 0 spiro atoms. The van der Waals surface area contributed by atoms with Gasteiger partial charge in [0.2, 0.25) is 0 Å². The van der Waals surface area contributed by atoms with Crippen molar-refractivity contribution in [3.8, 4) is 6.07 Å². The number of hydrogen-bond acceptors (Lipinski definition) is 3. The number of rotatable bonds is 7. The van der Waals surface area contributed by atoms with E-state index in [9.17, 15) is 0 Å². The quantitative estimate of drug-likeness (QED) is 0.302. The minimum absolute atomic E-state index is 0.468. The first-order chi connectivity index (χ1) is 7.04. The molecule has 1 unspecified atom stereocenters. The van der Waals surface area contributed by atoms with Crippen LogP contribution in [0.2, 0.25) is 0 Å². The molecule has 0 aliphatic heterocycles. The summed E-state index contributed by atoms with van der Waals surface area (Å²) < 4.78 is 0. The lowest BCUT2D eigenvalue weighted by atomic mass is 9.92. The lowest BCUT2D eigenvalue weighted by Gasteiger charge is -2.25. The fraction of sp³-hybridized carbons (Fsp3) is 0.900. The van der Waals surface area contributed by atoms with E-state index in [1.165, 1.54) is 0 Å². The second-order valence-corrected chi connectivity index (χ2v) is 4.28. The third-order valence-electron chi connectivity index (χ3n) is 2.08. The molecule has 0 aromatic heterocycles. The van der Waals surface area contributed by atoms with Crippen LogP contribution >= 0.6 is 0 Å². The molecule has 0 saturated heterocycles. The second kappa shape index (κ2) is 7.10. The monoisotopic (exact) mass is 209 g/mol. The minimum atomic E-state index is -0.468. The van der Waals surface area contributed by atoms with E-state index in [1.54, 1.807) is 0 Å². The molecule has 0 heterocycles. The SMILES string of the molecule is CC(C)CC(C)(C#N)NCCCN=[N+]=[N-]. The first-order valence-corrected chi connectivity index (χ1v) is 5.21. The van der Waals surface area contributed by atoms with Crippen molar-refractivity contribution in [2.24, 2.45) is 11.0 Å². The van der Waals surface area contributed by atoms with Crippen LogP contribution in [0.15, 0.2) is 5.11 Å². The summed E-state index contributed by atoms with van der Waals surface area (Å²) >= 11 is 0. The summed E-state index contributed by atoms with van der Waals surface area (Å²) in [5.74, 6) is 0.485. The number of azide groups is 1. The second-order valence-electron chi connectivity index (χ2n) is 4.28. The number of nitrogens with zero attached hydrogens (tertiary/aromatic N) is 4. The van der Waals surface area contributed by atoms with Crippen LogP contribution in [0, 0.1) is 17.2 Å². The molecule has 0 aliphatic rings. The third kappa shape index (κ3) is 6.78. The van der Waals surface area contributed by atoms with Gasteiger partial charge >= 0.3 is 0 Å². The van der Waals surface area contributed by atoms with Gasteiger partial charge in [0.25, 0.3) is 0 Å². The van der Waals surface area contributed by atoms with Gasteiger partial charge in [0.1, 0.15) is 5.54 Å². The van der Waals surface area contributed by atoms with E-state index in [2.05, 4.69) is 35.3 Å². The average Bonchev–Trinajstić information content (AvgIpc) is 2.16. The first-order valence-electron chi connectivity index (χ1n) is 5.21. The summed E-state index contributed by atoms with van der Waals surface area (Å²) in [6.07, 6.45) is 1.59. The molecule has 0 rings (SSSR count). The van der Waals surface area contributed by atoms with Crippen molar-refractivity contribution in [2.75, 3.05) is 13.1 Å². The van der Waals surface area contributed by atoms with Crippen LogP contribution in [0.5, 0.6) is 0 Å². The summed E-state index contributed by atoms with van der Waals surface area (Å²) in [5.41, 5.74) is 7.61. The van der Waals surface area contributed by atoms with Gasteiger partial charge in [-0.3, -0.25) is 5.32 Å². The van der Waals surface area contributed by atoms with Gasteiger partial charge in [-0.1, -0.05) is 19.0 Å². The van der Waals surface area contributed by atoms with E-state index in [1.807, 2.05) is 6.92 Å². The van der Waals surface area contributed by atoms with Crippen molar-refractivity contribution in [3.05, 3.63) is 10.4 Å². The lowest BCUT2D eigenvalue weighted by molar-refractivity contribution is 0.364. The molecule has 0 aromatic rings. The molecule has 5 nitrogen and oxygen atoms in total. The van der Waals surface area contributed by atoms with Gasteiger partial charge in [-0.2, -0.15) is 5.26 Å². The standard InChI is InChI=1S/C10H19N5/c1-9(2)7-10(3,8-11)13-5-4-6-14-15-12/h9,13H,4-7H2,1-3H3. The normalized spacial score (nSPS) is 14.1. The fourth-order valence-electron chi connectivity index (χ4n) is 1.53. The van der Waals surface area contributed by atoms with E-state index in [0.717, 1.165) is 12.8 Å². The number of hydrogen-bond donors (Lipinski definition) is 1. The predicted molar refractivity (Wildman–Crippen MR) is 60.1 cm³/mol. The minimum Gasteiger partial charge on any atom is -0.300 e. The van der Waals surface area contributed by atoms with Crippen molar-refractivity contribution in [1.29, 1.82) is 5.26 Å². The van der Waals surface area contributed by atoms with Gasteiger partial charge in [0.15, 0.2) is 0 Å². The van der Waals surface area contributed by atoms with E-state index in [-0.39, 0.29) is 0 Å². The summed E-state index contributed by atoms with van der Waals surface area (Å²) in [7, 11) is 0. The third-order valence-corrected chi connectivity index (χ3v) is 2.08. The smallest absolute Gasteiger partial charge is 0.104 e. The highest BCUT2D eigenvalue weighted by Gasteiger charge is 2.23. The Balaban J connectivity index is 3.89. The van der Waals surface area contributed by atoms with Gasteiger partial charge < -0.3 is 0 Å². The molecule has 0 aromatic carbocycles. The van der Waals surface area contributed by atoms with E-state index in [4.69, 9.17) is 10.8 Å². The molecular formula is C10H19N5. The Morgan fingerprint density at radius 2 is 2.27 bits per heavy atom. The molecule has 0 bridgehead atoms. The Morgan fingerprint density at radius 3 is 2.73 bits per heavy atom. The maximum Gasteiger partial charge on any atom is 0.104 e. The number of nitrogens with one attached hydrogen (secondary N) is 1. The molecular weight excluding hydrogens is 190 g/mol. The summed E-state index contributed by atoms with van der Waals surface area (Å²) in [4.78, 5) is 2.67. The molecule has 0 aliphatic carbocycles. The molecule has 1 N–H and O–H groups in total. The molecule has 0 saturated carbocycles. The highest BCUT2D eigenvalue weighted by molar-refractivity contribution is 5.03. The summed E-state index contributed by atoms with van der Waals surface area (Å²) in [5, 5.41) is 15.7. The molecule has 0 amide bonds. The van der Waals surface area contributed by atoms with Crippen LogP contribution in [0.1, 0.15) is 33.6 Å². The van der Waals surface area contributed by atoms with Crippen LogP contribution in [0.4, 0.5) is 0 Å². The van der Waals surface area contributed by atoms with Gasteiger partial charge in [-0.25, -0.2) is 0 Å². The zero-order valence-corrected chi connectivity index (χ0v) is 9.69. The largest absolute Gasteiger partial charge is 0.300 e. The van der Waals surface area contributed by atoms with Crippen molar-refractivity contribution in [2.45, 2.75) is 39.2 Å². The van der Waals surface area contributed by atoms with Gasteiger partial charge in [0, 0.05) is 11.5 Å². The highest BCUT2D eigenvalue weighted by atomic mass is 15.1. The highest BCUT2D eigenvalue weighted by Crippen LogP contribution is 2.15. The Morgan fingerprint density at radius 1 is 1.60 bits per heavy atom. The van der Waals surface area contributed by atoms with Crippen LogP contribution in [0.25, 0.3) is 10.4 Å². The topological polar surface area (TPSA) is 84.6 Å². The fourth-order valence-corrected chi connectivity index (χ4v) is 1.53. The Labute approximate surface area is 91.1 Å². The lowest BCUT2D eigenvalue weighted by Crippen LogP contribution is -2.42. The first kappa shape index (κ1) is 13.8. The molecule has 0 fully saturated rings. The van der Waals surface area contributed by atoms with Gasteiger partial charge in [0.05, 0.1) is 6.07 Å².